The molecular formula is C21H48N2O5. The van der Waals surface area contributed by atoms with Gasteiger partial charge in [-0.25, -0.2) is 0 Å². The van der Waals surface area contributed by atoms with Crippen molar-refractivity contribution in [2.45, 2.75) is 116 Å². The molecule has 7 nitrogen and oxygen atoms in total. The average Bonchev–Trinajstić information content (AvgIpc) is 2.72. The maximum Gasteiger partial charge on any atom is 0.303 e. The van der Waals surface area contributed by atoms with Crippen molar-refractivity contribution in [2.24, 2.45) is 11.7 Å². The van der Waals surface area contributed by atoms with E-state index < -0.39 is 12.1 Å². The van der Waals surface area contributed by atoms with Crippen LogP contribution in [-0.4, -0.2) is 45.7 Å². The summed E-state index contributed by atoms with van der Waals surface area (Å²) in [6.45, 7) is 1.54. The molecule has 0 rings (SSSR count). The monoisotopic (exact) mass is 408 g/mol. The Morgan fingerprint density at radius 3 is 1.18 bits per heavy atom. The van der Waals surface area contributed by atoms with Gasteiger partial charge in [0.15, 0.2) is 0 Å². The molecule has 0 aromatic heterocycles. The molecule has 0 fully saturated rings. The number of carboxylic acid groups (broad SMARTS) is 1. The minimum atomic E-state index is -0.954. The van der Waals surface area contributed by atoms with Crippen LogP contribution in [-0.2, 0) is 4.79 Å². The molecule has 0 aliphatic heterocycles. The first-order valence-corrected chi connectivity index (χ1v) is 11.0. The second kappa shape index (κ2) is 31.0. The van der Waals surface area contributed by atoms with Gasteiger partial charge < -0.3 is 20.4 Å². The zero-order chi connectivity index (χ0) is 21.9. The van der Waals surface area contributed by atoms with Crippen molar-refractivity contribution < 1.29 is 25.2 Å². The molecule has 0 amide bonds. The van der Waals surface area contributed by atoms with Gasteiger partial charge in [-0.1, -0.05) is 96.8 Å². The molecular weight excluding hydrogens is 360 g/mol. The molecule has 0 atom stereocenters. The number of aliphatic hydroxyl groups is 3. The Balaban J connectivity index is -0.000000660. The van der Waals surface area contributed by atoms with Crippen LogP contribution >= 0.6 is 0 Å². The number of aliphatic carboxylic acids is 1. The van der Waals surface area contributed by atoms with E-state index in [9.17, 15) is 4.79 Å². The third kappa shape index (κ3) is 36.2. The molecule has 0 saturated heterocycles. The Labute approximate surface area is 172 Å². The lowest BCUT2D eigenvalue weighted by molar-refractivity contribution is -0.137. The standard InChI is InChI=1S/C18H36O2.C3H8O3.H4N2/c1-2-3-4-5-6-7-8-9-10-11-12-13-14-15-16-17-18(19)20;4-1-3(6)2-5;1-2/h2-17H2,1H3,(H,19,20);3-6H,1-2H2;1-2H2. The minimum absolute atomic E-state index is 0.345. The summed E-state index contributed by atoms with van der Waals surface area (Å²) in [4.78, 5) is 10.3. The predicted octanol–water partition coefficient (Wildman–Crippen LogP) is 3.48. The fraction of sp³-hybridized carbons (Fsp3) is 0.952. The van der Waals surface area contributed by atoms with Crippen LogP contribution in [0.4, 0.5) is 0 Å². The Morgan fingerprint density at radius 1 is 0.679 bits per heavy atom. The van der Waals surface area contributed by atoms with E-state index in [0.29, 0.717) is 6.42 Å². The number of carboxylic acids is 1. The quantitative estimate of drug-likeness (QED) is 0.115. The van der Waals surface area contributed by atoms with Crippen molar-refractivity contribution in [3.05, 3.63) is 0 Å². The van der Waals surface area contributed by atoms with E-state index in [0.717, 1.165) is 12.8 Å². The number of rotatable bonds is 18. The molecule has 0 saturated carbocycles. The van der Waals surface area contributed by atoms with E-state index >= 15 is 0 Å². The molecule has 0 aliphatic rings. The Morgan fingerprint density at radius 2 is 0.964 bits per heavy atom. The zero-order valence-electron chi connectivity index (χ0n) is 18.2. The Kier molecular flexibility index (Phi) is 35.3. The van der Waals surface area contributed by atoms with E-state index in [4.69, 9.17) is 20.4 Å². The summed E-state index contributed by atoms with van der Waals surface area (Å²) in [7, 11) is 0. The van der Waals surface area contributed by atoms with Crippen molar-refractivity contribution in [3.8, 4) is 0 Å². The first-order chi connectivity index (χ1) is 13.6. The summed E-state index contributed by atoms with van der Waals surface area (Å²) in [6, 6.07) is 0. The summed E-state index contributed by atoms with van der Waals surface area (Å²) in [5, 5.41) is 32.5. The molecule has 0 radical (unpaired) electrons. The van der Waals surface area contributed by atoms with Gasteiger partial charge in [0.05, 0.1) is 13.2 Å². The average molecular weight is 409 g/mol. The number of hydrogen-bond donors (Lipinski definition) is 6. The molecule has 0 aliphatic carbocycles. The van der Waals surface area contributed by atoms with Crippen LogP contribution in [0.2, 0.25) is 0 Å². The Bertz CT molecular complexity index is 278. The highest BCUT2D eigenvalue weighted by atomic mass is 16.4. The first-order valence-electron chi connectivity index (χ1n) is 11.0. The molecule has 7 heteroatoms. The molecule has 0 aromatic rings. The van der Waals surface area contributed by atoms with Crippen molar-refractivity contribution in [2.75, 3.05) is 13.2 Å². The lowest BCUT2D eigenvalue weighted by atomic mass is 10.0. The summed E-state index contributed by atoms with van der Waals surface area (Å²) in [5.41, 5.74) is 0. The van der Waals surface area contributed by atoms with Crippen LogP contribution in [0.5, 0.6) is 0 Å². The van der Waals surface area contributed by atoms with Gasteiger partial charge in [-0.2, -0.15) is 0 Å². The van der Waals surface area contributed by atoms with E-state index in [-0.39, 0.29) is 13.2 Å². The second-order valence-electron chi connectivity index (χ2n) is 7.11. The highest BCUT2D eigenvalue weighted by Gasteiger charge is 1.97. The van der Waals surface area contributed by atoms with Crippen LogP contribution in [0.15, 0.2) is 0 Å². The lowest BCUT2D eigenvalue weighted by Crippen LogP contribution is -2.15. The molecule has 0 aromatic carbocycles. The summed E-state index contributed by atoms with van der Waals surface area (Å²) < 4.78 is 0. The van der Waals surface area contributed by atoms with Gasteiger partial charge in [0.1, 0.15) is 6.10 Å². The predicted molar refractivity (Wildman–Crippen MR) is 116 cm³/mol. The van der Waals surface area contributed by atoms with E-state index in [1.165, 1.54) is 83.5 Å². The van der Waals surface area contributed by atoms with Crippen LogP contribution < -0.4 is 11.7 Å². The number of unbranched alkanes of at least 4 members (excludes halogenated alkanes) is 14. The van der Waals surface area contributed by atoms with E-state index in [1.807, 2.05) is 0 Å². The molecule has 8 N–H and O–H groups in total. The highest BCUT2D eigenvalue weighted by molar-refractivity contribution is 5.66. The van der Waals surface area contributed by atoms with E-state index in [2.05, 4.69) is 18.6 Å². The smallest absolute Gasteiger partial charge is 0.303 e. The molecule has 0 bridgehead atoms. The third-order valence-corrected chi connectivity index (χ3v) is 4.42. The minimum Gasteiger partial charge on any atom is -0.481 e. The van der Waals surface area contributed by atoms with Crippen molar-refractivity contribution in [3.63, 3.8) is 0 Å². The molecule has 0 unspecified atom stereocenters. The normalized spacial score (nSPS) is 10.1. The van der Waals surface area contributed by atoms with Crippen molar-refractivity contribution in [1.29, 1.82) is 0 Å². The number of nitrogens with two attached hydrogens (primary N) is 2. The van der Waals surface area contributed by atoms with Crippen LogP contribution in [0.25, 0.3) is 0 Å². The Hall–Kier alpha value is -0.730. The van der Waals surface area contributed by atoms with E-state index in [1.54, 1.807) is 0 Å². The van der Waals surface area contributed by atoms with Crippen molar-refractivity contribution >= 4 is 5.97 Å². The van der Waals surface area contributed by atoms with Crippen LogP contribution in [0.1, 0.15) is 110 Å². The SMILES string of the molecule is CCCCCCCCCCCCCCCCCC(=O)O.NN.OCC(O)CO. The third-order valence-electron chi connectivity index (χ3n) is 4.42. The van der Waals surface area contributed by atoms with Gasteiger partial charge in [0.2, 0.25) is 0 Å². The summed E-state index contributed by atoms with van der Waals surface area (Å²) in [5.74, 6) is 7.35. The number of aliphatic hydroxyl groups excluding tert-OH is 3. The van der Waals surface area contributed by atoms with Gasteiger partial charge in [-0.05, 0) is 6.42 Å². The second-order valence-corrected chi connectivity index (χ2v) is 7.11. The molecule has 172 valence electrons. The summed E-state index contributed by atoms with van der Waals surface area (Å²) in [6.07, 6.45) is 19.2. The van der Waals surface area contributed by atoms with Gasteiger partial charge in [-0.3, -0.25) is 16.5 Å². The zero-order valence-corrected chi connectivity index (χ0v) is 18.2. The van der Waals surface area contributed by atoms with Crippen molar-refractivity contribution in [1.82, 2.24) is 0 Å². The fourth-order valence-corrected chi connectivity index (χ4v) is 2.71. The van der Waals surface area contributed by atoms with Gasteiger partial charge in [-0.15, -0.1) is 0 Å². The topological polar surface area (TPSA) is 150 Å². The molecule has 28 heavy (non-hydrogen) atoms. The van der Waals surface area contributed by atoms with Gasteiger partial charge in [0, 0.05) is 6.42 Å². The number of hydrazine groups is 1. The lowest BCUT2D eigenvalue weighted by Gasteiger charge is -2.03. The maximum absolute atomic E-state index is 10.3. The van der Waals surface area contributed by atoms with Gasteiger partial charge in [0.25, 0.3) is 0 Å². The summed E-state index contributed by atoms with van der Waals surface area (Å²) >= 11 is 0. The number of hydrogen-bond acceptors (Lipinski definition) is 6. The van der Waals surface area contributed by atoms with Crippen LogP contribution in [0.3, 0.4) is 0 Å². The first kappa shape index (κ1) is 31.9. The number of carbonyl (C=O) groups is 1. The largest absolute Gasteiger partial charge is 0.481 e. The highest BCUT2D eigenvalue weighted by Crippen LogP contribution is 2.13. The molecule has 0 heterocycles. The van der Waals surface area contributed by atoms with Crippen LogP contribution in [0, 0.1) is 0 Å². The molecule has 0 spiro atoms. The fourth-order valence-electron chi connectivity index (χ4n) is 2.71. The van der Waals surface area contributed by atoms with Gasteiger partial charge >= 0.3 is 5.97 Å². The maximum atomic E-state index is 10.3.